The van der Waals surface area contributed by atoms with Crippen molar-refractivity contribution >= 4 is 5.96 Å². The number of hydrogen-bond acceptors (Lipinski definition) is 3. The van der Waals surface area contributed by atoms with Crippen molar-refractivity contribution in [2.24, 2.45) is 10.9 Å². The number of aromatic nitrogens is 3. The van der Waals surface area contributed by atoms with Gasteiger partial charge in [-0.3, -0.25) is 9.56 Å². The van der Waals surface area contributed by atoms with Crippen molar-refractivity contribution in [1.29, 1.82) is 0 Å². The summed E-state index contributed by atoms with van der Waals surface area (Å²) in [4.78, 5) is 16.9. The Balaban J connectivity index is 1.77. The predicted octanol–water partition coefficient (Wildman–Crippen LogP) is 1.76. The van der Waals surface area contributed by atoms with E-state index in [9.17, 15) is 4.79 Å². The first-order valence-electron chi connectivity index (χ1n) is 9.80. The van der Waals surface area contributed by atoms with Crippen molar-refractivity contribution in [3.8, 4) is 0 Å². The molecule has 0 saturated carbocycles. The van der Waals surface area contributed by atoms with E-state index in [-0.39, 0.29) is 5.69 Å². The van der Waals surface area contributed by atoms with Crippen LogP contribution in [0.5, 0.6) is 0 Å². The van der Waals surface area contributed by atoms with Gasteiger partial charge in [-0.1, -0.05) is 13.8 Å². The van der Waals surface area contributed by atoms with Crippen molar-refractivity contribution in [2.45, 2.75) is 72.4 Å². The summed E-state index contributed by atoms with van der Waals surface area (Å²) in [7, 11) is 0. The van der Waals surface area contributed by atoms with Crippen molar-refractivity contribution in [1.82, 2.24) is 25.0 Å². The number of fused-ring (bicyclic) bond motifs is 1. The third-order valence-electron chi connectivity index (χ3n) is 4.42. The van der Waals surface area contributed by atoms with Crippen LogP contribution in [0.1, 0.15) is 58.7 Å². The average Bonchev–Trinajstić information content (AvgIpc) is 2.91. The van der Waals surface area contributed by atoms with Gasteiger partial charge in [0.05, 0.1) is 0 Å². The van der Waals surface area contributed by atoms with E-state index < -0.39 is 0 Å². The summed E-state index contributed by atoms with van der Waals surface area (Å²) in [5, 5.41) is 11.1. The molecular weight excluding hydrogens is 316 g/mol. The predicted molar refractivity (Wildman–Crippen MR) is 102 cm³/mol. The van der Waals surface area contributed by atoms with Gasteiger partial charge in [0, 0.05) is 39.1 Å². The van der Waals surface area contributed by atoms with Crippen LogP contribution in [-0.4, -0.2) is 39.9 Å². The van der Waals surface area contributed by atoms with Crippen LogP contribution in [0.3, 0.4) is 0 Å². The number of guanidine groups is 1. The number of nitrogens with zero attached hydrogens (tertiary/aromatic N) is 4. The molecule has 0 amide bonds. The summed E-state index contributed by atoms with van der Waals surface area (Å²) in [6, 6.07) is 0. The maximum Gasteiger partial charge on any atom is 0.345 e. The summed E-state index contributed by atoms with van der Waals surface area (Å²) in [5.41, 5.74) is 0.0393. The lowest BCUT2D eigenvalue weighted by Crippen LogP contribution is -2.38. The van der Waals surface area contributed by atoms with Gasteiger partial charge in [0.1, 0.15) is 5.82 Å². The minimum absolute atomic E-state index is 0.0393. The SMILES string of the molecule is CCNC(=NCCCn1nc2n(c1=O)CCCC2)NCCCC(C)C. The molecule has 1 aromatic heterocycles. The maximum absolute atomic E-state index is 12.3. The molecule has 0 bridgehead atoms. The molecule has 0 fully saturated rings. The second kappa shape index (κ2) is 10.3. The lowest BCUT2D eigenvalue weighted by molar-refractivity contribution is 0.509. The van der Waals surface area contributed by atoms with Gasteiger partial charge in [-0.25, -0.2) is 9.48 Å². The molecule has 7 nitrogen and oxygen atoms in total. The third-order valence-corrected chi connectivity index (χ3v) is 4.42. The largest absolute Gasteiger partial charge is 0.357 e. The van der Waals surface area contributed by atoms with Gasteiger partial charge in [-0.2, -0.15) is 5.10 Å². The summed E-state index contributed by atoms with van der Waals surface area (Å²) in [5.74, 6) is 2.54. The van der Waals surface area contributed by atoms with Crippen LogP contribution in [0.4, 0.5) is 0 Å². The lowest BCUT2D eigenvalue weighted by Gasteiger charge is -2.11. The molecule has 0 unspecified atom stereocenters. The maximum atomic E-state index is 12.3. The van der Waals surface area contributed by atoms with E-state index in [2.05, 4.69) is 41.5 Å². The molecule has 1 aromatic rings. The molecule has 0 saturated heterocycles. The Bertz CT molecular complexity index is 601. The first-order valence-corrected chi connectivity index (χ1v) is 9.80. The topological polar surface area (TPSA) is 76.2 Å². The van der Waals surface area contributed by atoms with Crippen LogP contribution in [0.2, 0.25) is 0 Å². The van der Waals surface area contributed by atoms with Crippen LogP contribution in [-0.2, 0) is 19.5 Å². The molecular formula is C18H34N6O. The fourth-order valence-corrected chi connectivity index (χ4v) is 3.06. The average molecular weight is 351 g/mol. The molecule has 2 heterocycles. The summed E-state index contributed by atoms with van der Waals surface area (Å²) in [6.45, 7) is 10.5. The lowest BCUT2D eigenvalue weighted by atomic mass is 10.1. The Hall–Kier alpha value is -1.79. The smallest absolute Gasteiger partial charge is 0.345 e. The van der Waals surface area contributed by atoms with E-state index in [0.29, 0.717) is 13.1 Å². The van der Waals surface area contributed by atoms with E-state index in [1.165, 1.54) is 6.42 Å². The molecule has 0 aliphatic carbocycles. The number of aryl methyl sites for hydroxylation is 2. The van der Waals surface area contributed by atoms with E-state index in [4.69, 9.17) is 0 Å². The molecule has 142 valence electrons. The molecule has 25 heavy (non-hydrogen) atoms. The fraction of sp³-hybridized carbons (Fsp3) is 0.833. The van der Waals surface area contributed by atoms with Gasteiger partial charge >= 0.3 is 5.69 Å². The Morgan fingerprint density at radius 2 is 2.12 bits per heavy atom. The van der Waals surface area contributed by atoms with Gasteiger partial charge in [0.15, 0.2) is 5.96 Å². The zero-order chi connectivity index (χ0) is 18.1. The van der Waals surface area contributed by atoms with Gasteiger partial charge in [-0.05, 0) is 44.9 Å². The van der Waals surface area contributed by atoms with Gasteiger partial charge < -0.3 is 10.6 Å². The molecule has 2 N–H and O–H groups in total. The van der Waals surface area contributed by atoms with Gasteiger partial charge in [0.2, 0.25) is 0 Å². The quantitative estimate of drug-likeness (QED) is 0.404. The van der Waals surface area contributed by atoms with Crippen LogP contribution in [0.25, 0.3) is 0 Å². The number of aliphatic imine (C=N–C) groups is 1. The third kappa shape index (κ3) is 6.21. The second-order valence-corrected chi connectivity index (χ2v) is 7.11. The van der Waals surface area contributed by atoms with E-state index >= 15 is 0 Å². The molecule has 0 spiro atoms. The van der Waals surface area contributed by atoms with E-state index in [1.54, 1.807) is 4.68 Å². The van der Waals surface area contributed by atoms with Gasteiger partial charge in [-0.15, -0.1) is 0 Å². The normalized spacial score (nSPS) is 14.6. The minimum atomic E-state index is 0.0393. The first-order chi connectivity index (χ1) is 12.1. The Labute approximate surface area is 150 Å². The Morgan fingerprint density at radius 3 is 2.84 bits per heavy atom. The van der Waals surface area contributed by atoms with Crippen LogP contribution >= 0.6 is 0 Å². The molecule has 2 rings (SSSR count). The second-order valence-electron chi connectivity index (χ2n) is 7.11. The van der Waals surface area contributed by atoms with E-state index in [0.717, 1.165) is 69.4 Å². The molecule has 0 radical (unpaired) electrons. The van der Waals surface area contributed by atoms with Crippen molar-refractivity contribution in [2.75, 3.05) is 19.6 Å². The molecule has 1 aliphatic rings. The summed E-state index contributed by atoms with van der Waals surface area (Å²) in [6.07, 6.45) is 6.33. The number of hydrogen-bond donors (Lipinski definition) is 2. The monoisotopic (exact) mass is 350 g/mol. The number of nitrogens with one attached hydrogen (secondary N) is 2. The van der Waals surface area contributed by atoms with Crippen LogP contribution in [0.15, 0.2) is 9.79 Å². The van der Waals surface area contributed by atoms with Crippen molar-refractivity contribution in [3.05, 3.63) is 16.3 Å². The van der Waals surface area contributed by atoms with Crippen LogP contribution < -0.4 is 16.3 Å². The molecule has 0 aromatic carbocycles. The van der Waals surface area contributed by atoms with Crippen LogP contribution in [0, 0.1) is 5.92 Å². The fourth-order valence-electron chi connectivity index (χ4n) is 3.06. The molecule has 1 aliphatic heterocycles. The minimum Gasteiger partial charge on any atom is -0.357 e. The van der Waals surface area contributed by atoms with Crippen molar-refractivity contribution < 1.29 is 0 Å². The standard InChI is InChI=1S/C18H34N6O/c1-4-19-17(20-11-7-9-15(2)3)21-12-8-14-24-18(25)23-13-6-5-10-16(23)22-24/h15H,4-14H2,1-3H3,(H2,19,20,21). The summed E-state index contributed by atoms with van der Waals surface area (Å²) < 4.78 is 3.44. The molecule has 0 atom stereocenters. The first kappa shape index (κ1) is 19.5. The zero-order valence-electron chi connectivity index (χ0n) is 16.1. The Morgan fingerprint density at radius 1 is 1.28 bits per heavy atom. The molecule has 7 heteroatoms. The van der Waals surface area contributed by atoms with E-state index in [1.807, 2.05) is 4.57 Å². The van der Waals surface area contributed by atoms with Crippen molar-refractivity contribution in [3.63, 3.8) is 0 Å². The highest BCUT2D eigenvalue weighted by atomic mass is 16.2. The summed E-state index contributed by atoms with van der Waals surface area (Å²) >= 11 is 0. The number of rotatable bonds is 9. The zero-order valence-corrected chi connectivity index (χ0v) is 16.1. The highest BCUT2D eigenvalue weighted by Gasteiger charge is 2.16. The Kier molecular flexibility index (Phi) is 8.01. The van der Waals surface area contributed by atoms with Gasteiger partial charge in [0.25, 0.3) is 0 Å². The highest BCUT2D eigenvalue weighted by Crippen LogP contribution is 2.09. The highest BCUT2D eigenvalue weighted by molar-refractivity contribution is 5.79.